The summed E-state index contributed by atoms with van der Waals surface area (Å²) in [6.07, 6.45) is 3.28. The van der Waals surface area contributed by atoms with Crippen LogP contribution in [0.15, 0.2) is 38.8 Å². The van der Waals surface area contributed by atoms with E-state index in [2.05, 4.69) is 16.8 Å². The first-order valence-corrected chi connectivity index (χ1v) is 11.0. The molecule has 2 heterocycles. The normalized spacial score (nSPS) is 16.4. The molecule has 9 heteroatoms. The Kier molecular flexibility index (Phi) is 5.29. The van der Waals surface area contributed by atoms with Gasteiger partial charge in [0.25, 0.3) is 5.56 Å². The van der Waals surface area contributed by atoms with Crippen LogP contribution in [0.25, 0.3) is 0 Å². The van der Waals surface area contributed by atoms with Gasteiger partial charge < -0.3 is 9.47 Å². The molecule has 0 radical (unpaired) electrons. The molecule has 33 heavy (non-hydrogen) atoms. The van der Waals surface area contributed by atoms with Crippen LogP contribution in [-0.2, 0) is 11.2 Å². The average Bonchev–Trinajstić information content (AvgIpc) is 3.75. The number of rotatable bonds is 5. The van der Waals surface area contributed by atoms with E-state index in [9.17, 15) is 14.4 Å². The molecule has 0 unspecified atom stereocenters. The fourth-order valence-corrected chi connectivity index (χ4v) is 4.02. The first-order chi connectivity index (χ1) is 16.0. The maximum absolute atomic E-state index is 12.9. The third-order valence-corrected chi connectivity index (χ3v) is 6.02. The molecule has 170 valence electrons. The molecule has 1 amide bonds. The number of ether oxygens (including phenoxy) is 2. The first-order valence-electron chi connectivity index (χ1n) is 11.0. The maximum Gasteiger partial charge on any atom is 0.415 e. The number of anilines is 1. The Labute approximate surface area is 190 Å². The fourth-order valence-electron chi connectivity index (χ4n) is 4.02. The topological polar surface area (TPSA) is 95.1 Å². The fraction of sp³-hybridized carbons (Fsp3) is 0.417. The standard InChI is InChI=1S/C24H24N4O5/c1-26(19-7-3-4-8-20(19)32-2)24(31)33-13-5-6-15-14-18-21(25-15)27(16-9-10-16)23(30)28(22(18)29)17-11-12-17/h3-4,7-8,16-17H,9-14H2,1-2H3. The van der Waals surface area contributed by atoms with Gasteiger partial charge in [-0.2, -0.15) is 0 Å². The van der Waals surface area contributed by atoms with Crippen LogP contribution in [0.2, 0.25) is 0 Å². The second-order valence-corrected chi connectivity index (χ2v) is 8.41. The smallest absolute Gasteiger partial charge is 0.415 e. The van der Waals surface area contributed by atoms with Crippen molar-refractivity contribution in [2.24, 2.45) is 4.99 Å². The molecule has 0 spiro atoms. The molecule has 0 atom stereocenters. The van der Waals surface area contributed by atoms with Crippen molar-refractivity contribution in [3.05, 3.63) is 50.7 Å². The highest BCUT2D eigenvalue weighted by Gasteiger charge is 2.36. The molecule has 0 N–H and O–H groups in total. The molecule has 3 aliphatic rings. The summed E-state index contributed by atoms with van der Waals surface area (Å²) in [7, 11) is 3.12. The number of para-hydroxylation sites is 2. The van der Waals surface area contributed by atoms with Crippen molar-refractivity contribution in [2.75, 3.05) is 25.7 Å². The van der Waals surface area contributed by atoms with Crippen LogP contribution in [0.5, 0.6) is 5.75 Å². The van der Waals surface area contributed by atoms with E-state index in [1.54, 1.807) is 29.8 Å². The second-order valence-electron chi connectivity index (χ2n) is 8.41. The predicted octanol–water partition coefficient (Wildman–Crippen LogP) is 2.59. The van der Waals surface area contributed by atoms with E-state index in [-0.39, 0.29) is 36.4 Å². The molecule has 1 aromatic heterocycles. The minimum atomic E-state index is -0.569. The van der Waals surface area contributed by atoms with Gasteiger partial charge in [0.1, 0.15) is 11.6 Å². The molecular formula is C24H24N4O5. The number of aromatic nitrogens is 2. The molecular weight excluding hydrogens is 424 g/mol. The van der Waals surface area contributed by atoms with Crippen LogP contribution in [0.4, 0.5) is 16.3 Å². The monoisotopic (exact) mass is 448 g/mol. The molecule has 1 aliphatic heterocycles. The van der Waals surface area contributed by atoms with Crippen LogP contribution in [-0.4, -0.2) is 41.7 Å². The van der Waals surface area contributed by atoms with Gasteiger partial charge in [-0.25, -0.2) is 14.6 Å². The Morgan fingerprint density at radius 3 is 2.55 bits per heavy atom. The van der Waals surface area contributed by atoms with Crippen molar-refractivity contribution in [3.8, 4) is 17.6 Å². The van der Waals surface area contributed by atoms with Crippen LogP contribution in [0.3, 0.4) is 0 Å². The third kappa shape index (κ3) is 3.93. The van der Waals surface area contributed by atoms with E-state index in [1.165, 1.54) is 16.6 Å². The van der Waals surface area contributed by atoms with E-state index in [0.717, 1.165) is 25.7 Å². The Balaban J connectivity index is 1.29. The zero-order valence-corrected chi connectivity index (χ0v) is 18.5. The van der Waals surface area contributed by atoms with Gasteiger partial charge in [-0.15, -0.1) is 0 Å². The Morgan fingerprint density at radius 2 is 1.85 bits per heavy atom. The van der Waals surface area contributed by atoms with Crippen molar-refractivity contribution in [2.45, 2.75) is 44.2 Å². The number of amides is 1. The minimum absolute atomic E-state index is 0.00933. The van der Waals surface area contributed by atoms with Gasteiger partial charge in [0.2, 0.25) is 0 Å². The summed E-state index contributed by atoms with van der Waals surface area (Å²) in [5, 5.41) is 0. The number of carbonyl (C=O) groups is 1. The number of aliphatic imine (C=N–C) groups is 1. The van der Waals surface area contributed by atoms with Crippen LogP contribution in [0, 0.1) is 11.8 Å². The summed E-state index contributed by atoms with van der Waals surface area (Å²) in [6.45, 7) is -0.130. The van der Waals surface area contributed by atoms with E-state index in [1.807, 2.05) is 6.07 Å². The third-order valence-electron chi connectivity index (χ3n) is 6.02. The van der Waals surface area contributed by atoms with Crippen LogP contribution < -0.4 is 20.9 Å². The number of hydrogen-bond acceptors (Lipinski definition) is 6. The van der Waals surface area contributed by atoms with E-state index in [0.29, 0.717) is 28.5 Å². The van der Waals surface area contributed by atoms with Gasteiger partial charge in [0.05, 0.1) is 24.1 Å². The average molecular weight is 448 g/mol. The zero-order valence-electron chi connectivity index (χ0n) is 18.5. The summed E-state index contributed by atoms with van der Waals surface area (Å²) >= 11 is 0. The van der Waals surface area contributed by atoms with Crippen molar-refractivity contribution < 1.29 is 14.3 Å². The van der Waals surface area contributed by atoms with Gasteiger partial charge in [0.15, 0.2) is 6.61 Å². The quantitative estimate of drug-likeness (QED) is 0.656. The predicted molar refractivity (Wildman–Crippen MR) is 123 cm³/mol. The zero-order chi connectivity index (χ0) is 23.1. The van der Waals surface area contributed by atoms with E-state index >= 15 is 0 Å². The van der Waals surface area contributed by atoms with Crippen LogP contribution >= 0.6 is 0 Å². The lowest BCUT2D eigenvalue weighted by atomic mass is 10.2. The van der Waals surface area contributed by atoms with E-state index < -0.39 is 6.09 Å². The Bertz CT molecular complexity index is 1340. The molecule has 0 saturated heterocycles. The number of methoxy groups -OCH3 is 1. The van der Waals surface area contributed by atoms with Gasteiger partial charge in [0, 0.05) is 25.6 Å². The van der Waals surface area contributed by atoms with Crippen molar-refractivity contribution in [1.82, 2.24) is 9.13 Å². The number of hydrogen-bond donors (Lipinski definition) is 0. The molecule has 5 rings (SSSR count). The SMILES string of the molecule is COc1ccccc1N(C)C(=O)OCC#CC1=Nc2c(c(=O)n(C3CC3)c(=O)n2C2CC2)C1. The Morgan fingerprint density at radius 1 is 1.15 bits per heavy atom. The lowest BCUT2D eigenvalue weighted by Crippen LogP contribution is -2.40. The van der Waals surface area contributed by atoms with Gasteiger partial charge in [-0.3, -0.25) is 18.8 Å². The van der Waals surface area contributed by atoms with Crippen molar-refractivity contribution in [3.63, 3.8) is 0 Å². The highest BCUT2D eigenvalue weighted by Crippen LogP contribution is 2.40. The molecule has 2 aliphatic carbocycles. The highest BCUT2D eigenvalue weighted by atomic mass is 16.6. The summed E-state index contributed by atoms with van der Waals surface area (Å²) in [5.74, 6) is 6.70. The van der Waals surface area contributed by atoms with E-state index in [4.69, 9.17) is 9.47 Å². The van der Waals surface area contributed by atoms with Crippen molar-refractivity contribution in [1.29, 1.82) is 0 Å². The lowest BCUT2D eigenvalue weighted by Gasteiger charge is -2.18. The molecule has 9 nitrogen and oxygen atoms in total. The number of benzene rings is 1. The second kappa shape index (κ2) is 8.28. The molecule has 2 aromatic rings. The number of nitrogens with zero attached hydrogens (tertiary/aromatic N) is 4. The molecule has 2 fully saturated rings. The first kappa shape index (κ1) is 21.1. The minimum Gasteiger partial charge on any atom is -0.495 e. The largest absolute Gasteiger partial charge is 0.495 e. The number of fused-ring (bicyclic) bond motifs is 1. The highest BCUT2D eigenvalue weighted by molar-refractivity contribution is 6.06. The number of carbonyl (C=O) groups excluding carboxylic acids is 1. The van der Waals surface area contributed by atoms with Crippen molar-refractivity contribution >= 4 is 23.3 Å². The summed E-state index contributed by atoms with van der Waals surface area (Å²) in [6, 6.07) is 7.25. The van der Waals surface area contributed by atoms with Crippen LogP contribution in [0.1, 0.15) is 43.3 Å². The molecule has 0 bridgehead atoms. The molecule has 2 saturated carbocycles. The van der Waals surface area contributed by atoms with Gasteiger partial charge in [-0.05, 0) is 43.7 Å². The van der Waals surface area contributed by atoms with Gasteiger partial charge in [-0.1, -0.05) is 18.1 Å². The summed E-state index contributed by atoms with van der Waals surface area (Å²) in [4.78, 5) is 44.1. The lowest BCUT2D eigenvalue weighted by molar-refractivity contribution is 0.169. The van der Waals surface area contributed by atoms with Gasteiger partial charge >= 0.3 is 11.8 Å². The summed E-state index contributed by atoms with van der Waals surface area (Å²) < 4.78 is 13.6. The Hall–Kier alpha value is -3.80. The molecule has 1 aromatic carbocycles. The maximum atomic E-state index is 12.9. The summed E-state index contributed by atoms with van der Waals surface area (Å²) in [5.41, 5.74) is 1.11.